The molecule has 6 nitrogen and oxygen atoms in total. The van der Waals surface area contributed by atoms with Crippen LogP contribution in [0.3, 0.4) is 0 Å². The molecule has 0 spiro atoms. The number of piperidine rings is 1. The van der Waals surface area contributed by atoms with Crippen molar-refractivity contribution in [3.8, 4) is 0 Å². The minimum Gasteiger partial charge on any atom is -0.314 e. The highest BCUT2D eigenvalue weighted by Crippen LogP contribution is 2.28. The Morgan fingerprint density at radius 1 is 1.15 bits per heavy atom. The van der Waals surface area contributed by atoms with Gasteiger partial charge in [0.15, 0.2) is 0 Å². The fourth-order valence-electron chi connectivity index (χ4n) is 3.98. The minimum atomic E-state index is -0.0422. The highest BCUT2D eigenvalue weighted by molar-refractivity contribution is 5.90. The number of para-hydroxylation sites is 1. The zero-order valence-electron chi connectivity index (χ0n) is 15.7. The number of aryl methyl sites for hydroxylation is 2. The van der Waals surface area contributed by atoms with E-state index < -0.39 is 0 Å². The molecule has 1 saturated heterocycles. The van der Waals surface area contributed by atoms with Crippen LogP contribution in [0.25, 0.3) is 0 Å². The van der Waals surface area contributed by atoms with Crippen LogP contribution < -0.4 is 5.32 Å². The average molecular weight is 353 g/mol. The lowest BCUT2D eigenvalue weighted by molar-refractivity contribution is 0.208. The van der Waals surface area contributed by atoms with Gasteiger partial charge in [-0.1, -0.05) is 24.6 Å². The van der Waals surface area contributed by atoms with Gasteiger partial charge < -0.3 is 10.2 Å². The Morgan fingerprint density at radius 2 is 1.92 bits per heavy atom. The molecular formula is C20H27N5O. The van der Waals surface area contributed by atoms with E-state index >= 15 is 0 Å². The second kappa shape index (κ2) is 7.11. The van der Waals surface area contributed by atoms with E-state index in [1.54, 1.807) is 0 Å². The van der Waals surface area contributed by atoms with Gasteiger partial charge in [0, 0.05) is 24.8 Å². The smallest absolute Gasteiger partial charge is 0.314 e. The molecule has 1 aromatic heterocycles. The lowest BCUT2D eigenvalue weighted by Gasteiger charge is -2.26. The summed E-state index contributed by atoms with van der Waals surface area (Å²) in [5, 5.41) is 7.78. The predicted molar refractivity (Wildman–Crippen MR) is 102 cm³/mol. The fourth-order valence-corrected chi connectivity index (χ4v) is 3.98. The molecule has 0 aliphatic carbocycles. The molecule has 2 aliphatic rings. The number of nitrogens with zero attached hydrogens (tertiary/aromatic N) is 4. The Morgan fingerprint density at radius 3 is 2.69 bits per heavy atom. The van der Waals surface area contributed by atoms with Gasteiger partial charge in [0.05, 0.1) is 24.5 Å². The van der Waals surface area contributed by atoms with Crippen molar-refractivity contribution in [1.82, 2.24) is 19.6 Å². The van der Waals surface area contributed by atoms with Crippen LogP contribution in [-0.4, -0.2) is 38.7 Å². The molecule has 3 heterocycles. The van der Waals surface area contributed by atoms with Crippen LogP contribution in [0, 0.1) is 6.92 Å². The number of hydrogen-bond acceptors (Lipinski definition) is 3. The van der Waals surface area contributed by atoms with Gasteiger partial charge >= 0.3 is 6.03 Å². The number of carbonyl (C=O) groups excluding carboxylic acids is 1. The standard InChI is InChI=1S/C20H27N5O/c1-15-8-4-5-9-17(15)21-20(26)25-12-16-18(22-23(2)19(16)14-25)13-24-10-6-3-7-11-24/h4-5,8-9H,3,6-7,10-14H2,1-2H3,(H,21,26). The maximum atomic E-state index is 12.7. The maximum Gasteiger partial charge on any atom is 0.322 e. The molecule has 1 N–H and O–H groups in total. The molecule has 6 heteroatoms. The molecule has 26 heavy (non-hydrogen) atoms. The van der Waals surface area contributed by atoms with Crippen molar-refractivity contribution < 1.29 is 4.79 Å². The molecule has 0 radical (unpaired) electrons. The fraction of sp³-hybridized carbons (Fsp3) is 0.500. The van der Waals surface area contributed by atoms with E-state index in [9.17, 15) is 4.79 Å². The second-order valence-electron chi connectivity index (χ2n) is 7.43. The van der Waals surface area contributed by atoms with Crippen LogP contribution in [0.5, 0.6) is 0 Å². The number of likely N-dealkylation sites (tertiary alicyclic amines) is 1. The van der Waals surface area contributed by atoms with E-state index in [0.29, 0.717) is 13.1 Å². The molecule has 2 aromatic rings. The summed E-state index contributed by atoms with van der Waals surface area (Å²) in [4.78, 5) is 17.1. The van der Waals surface area contributed by atoms with Gasteiger partial charge in [0.25, 0.3) is 0 Å². The Balaban J connectivity index is 1.45. The summed E-state index contributed by atoms with van der Waals surface area (Å²) in [6.45, 7) is 6.48. The highest BCUT2D eigenvalue weighted by Gasteiger charge is 2.30. The molecule has 4 rings (SSSR count). The Labute approximate surface area is 154 Å². The first kappa shape index (κ1) is 17.1. The van der Waals surface area contributed by atoms with E-state index in [2.05, 4.69) is 10.2 Å². The predicted octanol–water partition coefficient (Wildman–Crippen LogP) is 3.26. The summed E-state index contributed by atoms with van der Waals surface area (Å²) in [5.74, 6) is 0. The molecule has 2 amide bonds. The Kier molecular flexibility index (Phi) is 4.68. The summed E-state index contributed by atoms with van der Waals surface area (Å²) in [6.07, 6.45) is 3.89. The number of benzene rings is 1. The molecule has 0 bridgehead atoms. The van der Waals surface area contributed by atoms with E-state index in [0.717, 1.165) is 42.3 Å². The largest absolute Gasteiger partial charge is 0.322 e. The monoisotopic (exact) mass is 353 g/mol. The van der Waals surface area contributed by atoms with Crippen LogP contribution in [0.1, 0.15) is 41.8 Å². The number of aromatic nitrogens is 2. The number of nitrogens with one attached hydrogen (secondary N) is 1. The van der Waals surface area contributed by atoms with Gasteiger partial charge in [0.2, 0.25) is 0 Å². The molecule has 138 valence electrons. The first-order valence-corrected chi connectivity index (χ1v) is 9.49. The van der Waals surface area contributed by atoms with Crippen molar-refractivity contribution in [3.05, 3.63) is 46.8 Å². The molecule has 1 aromatic carbocycles. The highest BCUT2D eigenvalue weighted by atomic mass is 16.2. The van der Waals surface area contributed by atoms with Crippen molar-refractivity contribution in [2.45, 2.75) is 45.8 Å². The Hall–Kier alpha value is -2.34. The van der Waals surface area contributed by atoms with Crippen LogP contribution >= 0.6 is 0 Å². The summed E-state index contributed by atoms with van der Waals surface area (Å²) in [7, 11) is 1.99. The summed E-state index contributed by atoms with van der Waals surface area (Å²) in [6, 6.07) is 7.84. The molecule has 0 saturated carbocycles. The summed E-state index contributed by atoms with van der Waals surface area (Å²) in [5.41, 5.74) is 5.48. The van der Waals surface area contributed by atoms with Gasteiger partial charge in [-0.15, -0.1) is 0 Å². The molecule has 0 atom stereocenters. The number of carbonyl (C=O) groups is 1. The zero-order chi connectivity index (χ0) is 18.1. The third-order valence-electron chi connectivity index (χ3n) is 5.54. The summed E-state index contributed by atoms with van der Waals surface area (Å²) < 4.78 is 1.95. The normalized spacial score (nSPS) is 17.4. The van der Waals surface area contributed by atoms with Crippen LogP contribution in [0.15, 0.2) is 24.3 Å². The Bertz CT molecular complexity index is 807. The van der Waals surface area contributed by atoms with Crippen molar-refractivity contribution in [3.63, 3.8) is 0 Å². The lowest BCUT2D eigenvalue weighted by Crippen LogP contribution is -2.32. The van der Waals surface area contributed by atoms with Gasteiger partial charge in [-0.05, 0) is 44.5 Å². The lowest BCUT2D eigenvalue weighted by atomic mass is 10.1. The molecular weight excluding hydrogens is 326 g/mol. The van der Waals surface area contributed by atoms with Gasteiger partial charge in [-0.2, -0.15) is 5.10 Å². The first-order chi connectivity index (χ1) is 12.6. The topological polar surface area (TPSA) is 53.4 Å². The van der Waals surface area contributed by atoms with E-state index in [1.165, 1.54) is 24.8 Å². The number of amides is 2. The van der Waals surface area contributed by atoms with E-state index in [1.807, 2.05) is 47.8 Å². The van der Waals surface area contributed by atoms with Crippen molar-refractivity contribution in [1.29, 1.82) is 0 Å². The number of fused-ring (bicyclic) bond motifs is 1. The van der Waals surface area contributed by atoms with E-state index in [-0.39, 0.29) is 6.03 Å². The number of urea groups is 1. The third-order valence-corrected chi connectivity index (χ3v) is 5.54. The van der Waals surface area contributed by atoms with Crippen LogP contribution in [-0.2, 0) is 26.7 Å². The zero-order valence-corrected chi connectivity index (χ0v) is 15.7. The number of hydrogen-bond donors (Lipinski definition) is 1. The van der Waals surface area contributed by atoms with E-state index in [4.69, 9.17) is 5.10 Å². The molecule has 1 fully saturated rings. The minimum absolute atomic E-state index is 0.0422. The second-order valence-corrected chi connectivity index (χ2v) is 7.43. The van der Waals surface area contributed by atoms with Gasteiger partial charge in [0.1, 0.15) is 0 Å². The van der Waals surface area contributed by atoms with Crippen LogP contribution in [0.4, 0.5) is 10.5 Å². The number of rotatable bonds is 3. The van der Waals surface area contributed by atoms with Crippen LogP contribution in [0.2, 0.25) is 0 Å². The average Bonchev–Trinajstić information content (AvgIpc) is 3.20. The SMILES string of the molecule is Cc1ccccc1NC(=O)N1Cc2c(CN3CCCCC3)nn(C)c2C1. The summed E-state index contributed by atoms with van der Waals surface area (Å²) >= 11 is 0. The van der Waals surface area contributed by atoms with Crippen molar-refractivity contribution >= 4 is 11.7 Å². The van der Waals surface area contributed by atoms with Crippen molar-refractivity contribution in [2.75, 3.05) is 18.4 Å². The quantitative estimate of drug-likeness (QED) is 0.921. The van der Waals surface area contributed by atoms with Gasteiger partial charge in [-0.3, -0.25) is 9.58 Å². The third kappa shape index (κ3) is 3.33. The van der Waals surface area contributed by atoms with Crippen molar-refractivity contribution in [2.24, 2.45) is 7.05 Å². The first-order valence-electron chi connectivity index (χ1n) is 9.49. The molecule has 0 unspecified atom stereocenters. The van der Waals surface area contributed by atoms with Gasteiger partial charge in [-0.25, -0.2) is 4.79 Å². The molecule has 2 aliphatic heterocycles. The number of anilines is 1. The maximum absolute atomic E-state index is 12.7.